The van der Waals surface area contributed by atoms with Crippen LogP contribution < -0.4 is 11.1 Å². The van der Waals surface area contributed by atoms with Crippen molar-refractivity contribution in [1.82, 2.24) is 0 Å². The molecule has 3 N–H and O–H groups in total. The Balaban J connectivity index is 2.82. The highest BCUT2D eigenvalue weighted by Gasteiger charge is 2.20. The lowest BCUT2D eigenvalue weighted by Crippen LogP contribution is -2.33. The van der Waals surface area contributed by atoms with Crippen molar-refractivity contribution < 1.29 is 4.79 Å². The molecule has 1 unspecified atom stereocenters. The molecular weight excluding hydrogens is 244 g/mol. The van der Waals surface area contributed by atoms with E-state index in [0.29, 0.717) is 6.42 Å². The predicted octanol–water partition coefficient (Wildman–Crippen LogP) is 2.94. The molecule has 3 nitrogen and oxygen atoms in total. The molecule has 4 heteroatoms. The van der Waals surface area contributed by atoms with Gasteiger partial charge in [-0.1, -0.05) is 43.3 Å². The third-order valence-electron chi connectivity index (χ3n) is 2.88. The number of benzene rings is 1. The summed E-state index contributed by atoms with van der Waals surface area (Å²) >= 11 is 4.95. The molecule has 1 amide bonds. The van der Waals surface area contributed by atoms with Crippen molar-refractivity contribution in [2.24, 2.45) is 11.7 Å². The maximum absolute atomic E-state index is 12.1. The zero-order valence-electron chi connectivity index (χ0n) is 11.1. The smallest absolute Gasteiger partial charge is 0.234 e. The molecule has 0 aromatic heterocycles. The van der Waals surface area contributed by atoms with E-state index in [2.05, 4.69) is 5.32 Å². The van der Waals surface area contributed by atoms with Gasteiger partial charge in [0, 0.05) is 5.69 Å². The topological polar surface area (TPSA) is 55.1 Å². The largest absolute Gasteiger partial charge is 0.393 e. The number of hydrogen-bond acceptors (Lipinski definition) is 2. The van der Waals surface area contributed by atoms with Crippen LogP contribution in [0.5, 0.6) is 0 Å². The molecule has 0 bridgehead atoms. The van der Waals surface area contributed by atoms with Crippen LogP contribution in [0.1, 0.15) is 30.9 Å². The lowest BCUT2D eigenvalue weighted by atomic mass is 10.0. The van der Waals surface area contributed by atoms with Gasteiger partial charge in [-0.3, -0.25) is 4.79 Å². The Morgan fingerprint density at radius 2 is 2.11 bits per heavy atom. The molecule has 0 heterocycles. The van der Waals surface area contributed by atoms with E-state index in [1.807, 2.05) is 39.0 Å². The van der Waals surface area contributed by atoms with Crippen molar-refractivity contribution in [2.45, 2.75) is 33.6 Å². The minimum Gasteiger partial charge on any atom is -0.393 e. The Morgan fingerprint density at radius 1 is 1.44 bits per heavy atom. The van der Waals surface area contributed by atoms with Gasteiger partial charge in [-0.25, -0.2) is 0 Å². The van der Waals surface area contributed by atoms with Crippen molar-refractivity contribution in [1.29, 1.82) is 0 Å². The average Bonchev–Trinajstić information content (AvgIpc) is 2.29. The second-order valence-electron chi connectivity index (χ2n) is 4.55. The summed E-state index contributed by atoms with van der Waals surface area (Å²) in [5, 5.41) is 2.90. The lowest BCUT2D eigenvalue weighted by molar-refractivity contribution is -0.118. The summed E-state index contributed by atoms with van der Waals surface area (Å²) in [6.45, 7) is 6.00. The zero-order chi connectivity index (χ0) is 13.7. The standard InChI is InChI=1S/C14H20N2OS/c1-4-5-11(13(15)18)14(17)16-12-7-6-9(2)8-10(12)3/h6-8,11H,4-5H2,1-3H3,(H2,15,18)(H,16,17). The maximum Gasteiger partial charge on any atom is 0.234 e. The minimum absolute atomic E-state index is 0.115. The van der Waals surface area contributed by atoms with Crippen LogP contribution in [0.15, 0.2) is 18.2 Å². The van der Waals surface area contributed by atoms with E-state index in [9.17, 15) is 4.79 Å². The normalized spacial score (nSPS) is 11.9. The van der Waals surface area contributed by atoms with E-state index in [4.69, 9.17) is 18.0 Å². The molecule has 1 atom stereocenters. The number of anilines is 1. The number of hydrogen-bond donors (Lipinski definition) is 2. The van der Waals surface area contributed by atoms with Gasteiger partial charge in [-0.2, -0.15) is 0 Å². The van der Waals surface area contributed by atoms with Gasteiger partial charge >= 0.3 is 0 Å². The summed E-state index contributed by atoms with van der Waals surface area (Å²) in [5.41, 5.74) is 8.65. The quantitative estimate of drug-likeness (QED) is 0.804. The number of rotatable bonds is 5. The van der Waals surface area contributed by atoms with Gasteiger partial charge in [0.1, 0.15) is 0 Å². The molecule has 0 saturated carbocycles. The van der Waals surface area contributed by atoms with Crippen LogP contribution in [0.2, 0.25) is 0 Å². The molecule has 98 valence electrons. The van der Waals surface area contributed by atoms with E-state index in [0.717, 1.165) is 17.7 Å². The molecule has 1 aromatic carbocycles. The van der Waals surface area contributed by atoms with Crippen LogP contribution in [0.25, 0.3) is 0 Å². The lowest BCUT2D eigenvalue weighted by Gasteiger charge is -2.16. The molecule has 0 radical (unpaired) electrons. The minimum atomic E-state index is -0.384. The first kappa shape index (κ1) is 14.6. The van der Waals surface area contributed by atoms with Crippen LogP contribution in [-0.4, -0.2) is 10.9 Å². The molecule has 0 aliphatic heterocycles. The average molecular weight is 264 g/mol. The van der Waals surface area contributed by atoms with Crippen molar-refractivity contribution in [2.75, 3.05) is 5.32 Å². The summed E-state index contributed by atoms with van der Waals surface area (Å²) in [6.07, 6.45) is 1.56. The maximum atomic E-state index is 12.1. The third-order valence-corrected chi connectivity index (χ3v) is 3.16. The molecule has 0 fully saturated rings. The molecule has 0 saturated heterocycles. The van der Waals surface area contributed by atoms with Crippen molar-refractivity contribution in [3.8, 4) is 0 Å². The fraction of sp³-hybridized carbons (Fsp3) is 0.429. The first-order valence-corrected chi connectivity index (χ1v) is 6.54. The number of carbonyl (C=O) groups excluding carboxylic acids is 1. The van der Waals surface area contributed by atoms with Crippen LogP contribution in [0.4, 0.5) is 5.69 Å². The molecule has 0 spiro atoms. The summed E-state index contributed by atoms with van der Waals surface area (Å²) in [4.78, 5) is 12.4. The van der Waals surface area contributed by atoms with E-state index < -0.39 is 0 Å². The first-order valence-electron chi connectivity index (χ1n) is 6.13. The summed E-state index contributed by atoms with van der Waals surface area (Å²) in [5.74, 6) is -0.498. The number of nitrogens with two attached hydrogens (primary N) is 1. The van der Waals surface area contributed by atoms with E-state index in [1.54, 1.807) is 0 Å². The van der Waals surface area contributed by atoms with E-state index in [1.165, 1.54) is 5.56 Å². The molecule has 0 aliphatic rings. The first-order chi connectivity index (χ1) is 8.45. The van der Waals surface area contributed by atoms with E-state index in [-0.39, 0.29) is 16.8 Å². The second kappa shape index (κ2) is 6.50. The van der Waals surface area contributed by atoms with Gasteiger partial charge in [0.15, 0.2) is 0 Å². The Kier molecular flexibility index (Phi) is 5.28. The number of nitrogens with one attached hydrogen (secondary N) is 1. The Bertz CT molecular complexity index is 457. The highest BCUT2D eigenvalue weighted by Crippen LogP contribution is 2.18. The highest BCUT2D eigenvalue weighted by molar-refractivity contribution is 7.80. The van der Waals surface area contributed by atoms with Gasteiger partial charge in [-0.05, 0) is 31.9 Å². The van der Waals surface area contributed by atoms with Crippen LogP contribution in [0, 0.1) is 19.8 Å². The van der Waals surface area contributed by atoms with Gasteiger partial charge in [0.25, 0.3) is 0 Å². The fourth-order valence-electron chi connectivity index (χ4n) is 1.86. The zero-order valence-corrected chi connectivity index (χ0v) is 11.9. The van der Waals surface area contributed by atoms with Crippen molar-refractivity contribution >= 4 is 28.8 Å². The SMILES string of the molecule is CCCC(C(=O)Nc1ccc(C)cc1C)C(N)=S. The van der Waals surface area contributed by atoms with Crippen LogP contribution in [0.3, 0.4) is 0 Å². The number of amides is 1. The molecule has 18 heavy (non-hydrogen) atoms. The molecule has 1 aromatic rings. The van der Waals surface area contributed by atoms with Gasteiger partial charge < -0.3 is 11.1 Å². The van der Waals surface area contributed by atoms with Gasteiger partial charge in [-0.15, -0.1) is 0 Å². The Hall–Kier alpha value is -1.42. The Labute approximate surface area is 114 Å². The highest BCUT2D eigenvalue weighted by atomic mass is 32.1. The number of carbonyl (C=O) groups is 1. The van der Waals surface area contributed by atoms with Gasteiger partial charge in [0.2, 0.25) is 5.91 Å². The van der Waals surface area contributed by atoms with Crippen LogP contribution >= 0.6 is 12.2 Å². The van der Waals surface area contributed by atoms with Crippen molar-refractivity contribution in [3.63, 3.8) is 0 Å². The predicted molar refractivity (Wildman–Crippen MR) is 79.7 cm³/mol. The number of aryl methyl sites for hydroxylation is 2. The van der Waals surface area contributed by atoms with Gasteiger partial charge in [0.05, 0.1) is 10.9 Å². The summed E-state index contributed by atoms with van der Waals surface area (Å²) in [6, 6.07) is 5.91. The number of thiocarbonyl (C=S) groups is 1. The third kappa shape index (κ3) is 3.81. The fourth-order valence-corrected chi connectivity index (χ4v) is 2.09. The summed E-state index contributed by atoms with van der Waals surface area (Å²) in [7, 11) is 0. The molecule has 1 rings (SSSR count). The van der Waals surface area contributed by atoms with E-state index >= 15 is 0 Å². The molecular formula is C14H20N2OS. The summed E-state index contributed by atoms with van der Waals surface area (Å²) < 4.78 is 0. The molecule has 0 aliphatic carbocycles. The Morgan fingerprint density at radius 3 is 2.61 bits per heavy atom. The monoisotopic (exact) mass is 264 g/mol. The van der Waals surface area contributed by atoms with Crippen molar-refractivity contribution in [3.05, 3.63) is 29.3 Å². The second-order valence-corrected chi connectivity index (χ2v) is 5.02. The van der Waals surface area contributed by atoms with Crippen LogP contribution in [-0.2, 0) is 4.79 Å².